The van der Waals surface area contributed by atoms with Gasteiger partial charge in [0, 0.05) is 25.0 Å². The summed E-state index contributed by atoms with van der Waals surface area (Å²) in [6.45, 7) is 5.40. The Balaban J connectivity index is 1.59. The topological polar surface area (TPSA) is 132 Å². The number of nitriles is 1. The predicted molar refractivity (Wildman–Crippen MR) is 103 cm³/mol. The van der Waals surface area contributed by atoms with Crippen molar-refractivity contribution >= 4 is 23.4 Å². The fourth-order valence-corrected chi connectivity index (χ4v) is 3.12. The zero-order valence-electron chi connectivity index (χ0n) is 16.6. The molecule has 29 heavy (non-hydrogen) atoms. The molecule has 1 aliphatic rings. The Hall–Kier alpha value is -3.32. The molecule has 0 radical (unpaired) electrons. The zero-order valence-corrected chi connectivity index (χ0v) is 16.6. The Morgan fingerprint density at radius 3 is 2.86 bits per heavy atom. The van der Waals surface area contributed by atoms with Crippen LogP contribution >= 0.6 is 0 Å². The molecule has 2 aromatic rings. The highest BCUT2D eigenvalue weighted by Gasteiger charge is 2.33. The molecule has 1 saturated heterocycles. The van der Waals surface area contributed by atoms with Gasteiger partial charge in [0.2, 0.25) is 11.8 Å². The van der Waals surface area contributed by atoms with Crippen LogP contribution in [0.15, 0.2) is 18.5 Å². The fourth-order valence-electron chi connectivity index (χ4n) is 3.12. The lowest BCUT2D eigenvalue weighted by atomic mass is 10.0. The van der Waals surface area contributed by atoms with Gasteiger partial charge in [0.1, 0.15) is 6.04 Å². The van der Waals surface area contributed by atoms with Crippen molar-refractivity contribution in [2.75, 3.05) is 13.1 Å². The van der Waals surface area contributed by atoms with Crippen LogP contribution in [-0.2, 0) is 9.59 Å². The van der Waals surface area contributed by atoms with Gasteiger partial charge >= 0.3 is 0 Å². The van der Waals surface area contributed by atoms with E-state index in [4.69, 9.17) is 5.26 Å². The molecule has 0 aliphatic carbocycles. The number of nitrogens with one attached hydrogen (secondary N) is 2. The van der Waals surface area contributed by atoms with Gasteiger partial charge in [-0.2, -0.15) is 10.4 Å². The van der Waals surface area contributed by atoms with Crippen LogP contribution in [-0.4, -0.2) is 61.9 Å². The molecule has 152 valence electrons. The van der Waals surface area contributed by atoms with E-state index in [9.17, 15) is 14.4 Å². The van der Waals surface area contributed by atoms with Crippen molar-refractivity contribution in [3.05, 3.63) is 29.7 Å². The van der Waals surface area contributed by atoms with E-state index >= 15 is 0 Å². The lowest BCUT2D eigenvalue weighted by Crippen LogP contribution is -2.56. The quantitative estimate of drug-likeness (QED) is 0.735. The second-order valence-corrected chi connectivity index (χ2v) is 7.57. The van der Waals surface area contributed by atoms with Crippen LogP contribution < -0.4 is 10.6 Å². The van der Waals surface area contributed by atoms with Crippen LogP contribution in [0.1, 0.15) is 42.7 Å². The van der Waals surface area contributed by atoms with Gasteiger partial charge in [0.25, 0.3) is 5.91 Å². The van der Waals surface area contributed by atoms with Crippen LogP contribution in [0.5, 0.6) is 0 Å². The standard InChI is InChI=1S/C19H23N7O3/c1-12-7-15-21-9-13(11-26(15)24-12)17(28)23-18(29)19(2,3)22-10-16(27)25-6-4-5-14(25)8-20/h7,9,11,14,22H,4-6,10H2,1-3H3,(H,23,28,29)/t14-/m0/s1. The highest BCUT2D eigenvalue weighted by Crippen LogP contribution is 2.16. The second-order valence-electron chi connectivity index (χ2n) is 7.57. The highest BCUT2D eigenvalue weighted by molar-refractivity contribution is 6.07. The first-order valence-electron chi connectivity index (χ1n) is 9.33. The molecular weight excluding hydrogens is 374 g/mol. The van der Waals surface area contributed by atoms with Crippen LogP contribution in [0.4, 0.5) is 0 Å². The molecule has 0 saturated carbocycles. The molecule has 0 aromatic carbocycles. The Labute approximate surface area is 167 Å². The molecule has 3 rings (SSSR count). The minimum atomic E-state index is -1.17. The Kier molecular flexibility index (Phi) is 5.61. The number of imide groups is 1. The summed E-state index contributed by atoms with van der Waals surface area (Å²) in [4.78, 5) is 43.0. The number of likely N-dealkylation sites (tertiary alicyclic amines) is 1. The van der Waals surface area contributed by atoms with Crippen LogP contribution in [0, 0.1) is 18.3 Å². The minimum absolute atomic E-state index is 0.104. The second kappa shape index (κ2) is 7.97. The molecule has 2 N–H and O–H groups in total. The molecule has 1 atom stereocenters. The molecule has 10 heteroatoms. The average Bonchev–Trinajstić information content (AvgIpc) is 3.30. The first-order valence-corrected chi connectivity index (χ1v) is 9.33. The monoisotopic (exact) mass is 397 g/mol. The molecule has 1 aliphatic heterocycles. The number of amides is 3. The largest absolute Gasteiger partial charge is 0.326 e. The lowest BCUT2D eigenvalue weighted by molar-refractivity contribution is -0.131. The van der Waals surface area contributed by atoms with Gasteiger partial charge in [-0.15, -0.1) is 0 Å². The highest BCUT2D eigenvalue weighted by atomic mass is 16.2. The Bertz CT molecular complexity index is 1000. The maximum Gasteiger partial charge on any atom is 0.261 e. The van der Waals surface area contributed by atoms with Crippen LogP contribution in [0.25, 0.3) is 5.65 Å². The van der Waals surface area contributed by atoms with Crippen LogP contribution in [0.2, 0.25) is 0 Å². The van der Waals surface area contributed by atoms with Crippen molar-refractivity contribution < 1.29 is 14.4 Å². The molecule has 0 bridgehead atoms. The fraction of sp³-hybridized carbons (Fsp3) is 0.474. The smallest absolute Gasteiger partial charge is 0.261 e. The van der Waals surface area contributed by atoms with Gasteiger partial charge in [-0.3, -0.25) is 25.0 Å². The third-order valence-corrected chi connectivity index (χ3v) is 4.90. The molecule has 1 fully saturated rings. The molecule has 0 unspecified atom stereocenters. The van der Waals surface area contributed by atoms with E-state index < -0.39 is 23.4 Å². The van der Waals surface area contributed by atoms with Crippen molar-refractivity contribution in [2.24, 2.45) is 0 Å². The summed E-state index contributed by atoms with van der Waals surface area (Å²) < 4.78 is 1.47. The first-order chi connectivity index (χ1) is 13.7. The SMILES string of the molecule is Cc1cc2ncc(C(=O)NC(=O)C(C)(C)NCC(=O)N3CCC[C@H]3C#N)cn2n1. The summed E-state index contributed by atoms with van der Waals surface area (Å²) in [6.07, 6.45) is 4.32. The van der Waals surface area contributed by atoms with Crippen LogP contribution in [0.3, 0.4) is 0 Å². The normalized spacial score (nSPS) is 16.6. The molecule has 0 spiro atoms. The summed E-state index contributed by atoms with van der Waals surface area (Å²) >= 11 is 0. The number of nitrogens with zero attached hydrogens (tertiary/aromatic N) is 5. The van der Waals surface area contributed by atoms with Gasteiger partial charge in [-0.05, 0) is 33.6 Å². The van der Waals surface area contributed by atoms with Crippen molar-refractivity contribution in [3.63, 3.8) is 0 Å². The maximum atomic E-state index is 12.6. The van der Waals surface area contributed by atoms with Crippen molar-refractivity contribution in [2.45, 2.75) is 45.2 Å². The van der Waals surface area contributed by atoms with E-state index in [0.29, 0.717) is 18.6 Å². The molecule has 3 heterocycles. The number of carbonyl (C=O) groups is 3. The van der Waals surface area contributed by atoms with Gasteiger partial charge in [0.15, 0.2) is 5.65 Å². The van der Waals surface area contributed by atoms with E-state index in [2.05, 4.69) is 26.8 Å². The summed E-state index contributed by atoms with van der Waals surface area (Å²) in [5.74, 6) is -1.43. The molecule has 2 aromatic heterocycles. The Morgan fingerprint density at radius 2 is 2.14 bits per heavy atom. The summed E-state index contributed by atoms with van der Waals surface area (Å²) in [6, 6.07) is 3.47. The molecule has 10 nitrogen and oxygen atoms in total. The zero-order chi connectivity index (χ0) is 21.2. The number of aromatic nitrogens is 3. The van der Waals surface area contributed by atoms with Gasteiger partial charge in [-0.1, -0.05) is 0 Å². The third-order valence-electron chi connectivity index (χ3n) is 4.90. The molecular formula is C19H23N7O3. The summed E-state index contributed by atoms with van der Waals surface area (Å²) in [7, 11) is 0. The van der Waals surface area contributed by atoms with Gasteiger partial charge in [0.05, 0.1) is 29.4 Å². The average molecular weight is 397 g/mol. The van der Waals surface area contributed by atoms with E-state index in [0.717, 1.165) is 12.1 Å². The third kappa shape index (κ3) is 4.41. The van der Waals surface area contributed by atoms with Crippen molar-refractivity contribution in [3.8, 4) is 6.07 Å². The van der Waals surface area contributed by atoms with Gasteiger partial charge in [-0.25, -0.2) is 9.50 Å². The lowest BCUT2D eigenvalue weighted by Gasteiger charge is -2.26. The number of fused-ring (bicyclic) bond motifs is 1. The van der Waals surface area contributed by atoms with E-state index in [1.165, 1.54) is 21.8 Å². The molecule has 3 amide bonds. The van der Waals surface area contributed by atoms with E-state index in [-0.39, 0.29) is 18.0 Å². The number of hydrogen-bond acceptors (Lipinski definition) is 7. The number of aryl methyl sites for hydroxylation is 1. The number of hydrogen-bond donors (Lipinski definition) is 2. The number of carbonyl (C=O) groups excluding carboxylic acids is 3. The van der Waals surface area contributed by atoms with Crippen molar-refractivity contribution in [1.29, 1.82) is 5.26 Å². The summed E-state index contributed by atoms with van der Waals surface area (Å²) in [5, 5.41) is 18.5. The number of rotatable bonds is 5. The first kappa shape index (κ1) is 20.4. The Morgan fingerprint density at radius 1 is 1.38 bits per heavy atom. The minimum Gasteiger partial charge on any atom is -0.326 e. The van der Waals surface area contributed by atoms with E-state index in [1.54, 1.807) is 19.9 Å². The van der Waals surface area contributed by atoms with E-state index in [1.807, 2.05) is 6.92 Å². The van der Waals surface area contributed by atoms with Crippen molar-refractivity contribution in [1.82, 2.24) is 30.1 Å². The maximum absolute atomic E-state index is 12.6. The predicted octanol–water partition coefficient (Wildman–Crippen LogP) is 0.177. The summed E-state index contributed by atoms with van der Waals surface area (Å²) in [5.41, 5.74) is 0.378. The van der Waals surface area contributed by atoms with Gasteiger partial charge < -0.3 is 4.90 Å².